The number of hydrogen-bond acceptors (Lipinski definition) is 3. The minimum absolute atomic E-state index is 0.713. The van der Waals surface area contributed by atoms with Crippen LogP contribution in [0.2, 0.25) is 0 Å². The summed E-state index contributed by atoms with van der Waals surface area (Å²) in [6.07, 6.45) is -0.713. The van der Waals surface area contributed by atoms with Crippen molar-refractivity contribution in [1.82, 2.24) is 0 Å². The molecule has 0 aromatic heterocycles. The fourth-order valence-corrected chi connectivity index (χ4v) is 0.450. The maximum absolute atomic E-state index is 9.70. The Labute approximate surface area is 51.7 Å². The molecule has 0 aromatic carbocycles. The molecule has 0 amide bonds. The van der Waals surface area contributed by atoms with Crippen molar-refractivity contribution in [1.29, 1.82) is 0 Å². The van der Waals surface area contributed by atoms with Crippen LogP contribution in [0.4, 0.5) is 4.79 Å². The van der Waals surface area contributed by atoms with E-state index in [4.69, 9.17) is 0 Å². The summed E-state index contributed by atoms with van der Waals surface area (Å²) in [7, 11) is 0. The molecular weight excluding hydrogens is 218 g/mol. The number of carbonyl (C=O) groups excluding carboxylic acids is 1. The Hall–Kier alpha value is 0.309. The molecule has 0 rings (SSSR count). The average molecular weight is 220 g/mol. The van der Waals surface area contributed by atoms with Gasteiger partial charge in [-0.3, -0.25) is 0 Å². The Morgan fingerprint density at radius 3 is 1.67 bits per heavy atom. The maximum atomic E-state index is 9.70. The first-order valence-corrected chi connectivity index (χ1v) is 2.51. The Balaban J connectivity index is 2.99. The fourth-order valence-electron chi connectivity index (χ4n) is 0.0167. The topological polar surface area (TPSA) is 35.5 Å². The third kappa shape index (κ3) is 2.54. The van der Waals surface area contributed by atoms with E-state index in [1.807, 2.05) is 0 Å². The summed E-state index contributed by atoms with van der Waals surface area (Å²) in [4.78, 5) is 9.70. The second-order valence-corrected chi connectivity index (χ2v) is 1.20. The average Bonchev–Trinajstić information content (AvgIpc) is 1.65. The van der Waals surface area contributed by atoms with Crippen LogP contribution in [0.1, 0.15) is 0 Å². The molecule has 0 aliphatic heterocycles. The molecule has 0 unspecified atom stereocenters. The van der Waals surface area contributed by atoms with Gasteiger partial charge in [-0.05, 0) is 0 Å². The van der Waals surface area contributed by atoms with Crippen LogP contribution in [0.15, 0.2) is 0 Å². The van der Waals surface area contributed by atoms with Crippen LogP contribution in [-0.4, -0.2) is 38.8 Å². The molecule has 3 nitrogen and oxygen atoms in total. The first-order chi connectivity index (χ1) is 2.81. The van der Waals surface area contributed by atoms with Crippen LogP contribution in [0, 0.1) is 0 Å². The molecule has 0 aliphatic rings. The van der Waals surface area contributed by atoms with E-state index in [0.717, 1.165) is 0 Å². The third-order valence-corrected chi connectivity index (χ3v) is 0.775. The van der Waals surface area contributed by atoms with E-state index in [1.165, 1.54) is 0 Å². The van der Waals surface area contributed by atoms with Crippen LogP contribution >= 0.6 is 0 Å². The van der Waals surface area contributed by atoms with Crippen molar-refractivity contribution in [2.24, 2.45) is 0 Å². The molecule has 6 heavy (non-hydrogen) atoms. The molecule has 0 fully saturated rings. The van der Waals surface area contributed by atoms with Crippen LogP contribution in [0.3, 0.4) is 0 Å². The number of carbonyl (C=O) groups is 1. The van der Waals surface area contributed by atoms with Crippen LogP contribution in [0.25, 0.3) is 0 Å². The Morgan fingerprint density at radius 1 is 1.33 bits per heavy atom. The summed E-state index contributed by atoms with van der Waals surface area (Å²) in [5, 5.41) is 0. The second kappa shape index (κ2) is 3.50. The summed E-state index contributed by atoms with van der Waals surface area (Å²) in [6.45, 7) is 0. The number of rotatable bonds is 0. The normalized spacial score (nSPS) is 7.00. The van der Waals surface area contributed by atoms with E-state index in [1.54, 1.807) is 32.7 Å². The van der Waals surface area contributed by atoms with E-state index < -0.39 is 6.16 Å². The molecule has 5 heteroatoms. The monoisotopic (exact) mass is 222 g/mol. The molecule has 0 heterocycles. The van der Waals surface area contributed by atoms with Gasteiger partial charge < -0.3 is 0 Å². The minimum atomic E-state index is -0.713. The van der Waals surface area contributed by atoms with Gasteiger partial charge in [0.15, 0.2) is 0 Å². The summed E-state index contributed by atoms with van der Waals surface area (Å²) in [6, 6.07) is 0. The predicted octanol–water partition coefficient (Wildman–Crippen LogP) is -1.23. The van der Waals surface area contributed by atoms with Gasteiger partial charge in [0.25, 0.3) is 0 Å². The number of hydrogen-bond donors (Lipinski definition) is 0. The van der Waals surface area contributed by atoms with Crippen molar-refractivity contribution >= 4 is 38.8 Å². The van der Waals surface area contributed by atoms with E-state index >= 15 is 0 Å². The third-order valence-electron chi connectivity index (χ3n) is 0.149. The van der Waals surface area contributed by atoms with Gasteiger partial charge >= 0.3 is 51.3 Å². The first-order valence-electron chi connectivity index (χ1n) is 0.978. The van der Waals surface area contributed by atoms with Gasteiger partial charge in [0, 0.05) is 0 Å². The molecule has 0 aromatic rings. The second-order valence-electron chi connectivity index (χ2n) is 0.433. The first kappa shape index (κ1) is 6.31. The van der Waals surface area contributed by atoms with Crippen molar-refractivity contribution in [2.75, 3.05) is 0 Å². The van der Waals surface area contributed by atoms with E-state index in [0.29, 0.717) is 0 Å². The Morgan fingerprint density at radius 2 is 1.67 bits per heavy atom. The Kier molecular flexibility index (Phi) is 3.68. The van der Waals surface area contributed by atoms with Crippen LogP contribution in [0.5, 0.6) is 0 Å². The van der Waals surface area contributed by atoms with E-state index in [9.17, 15) is 4.79 Å². The van der Waals surface area contributed by atoms with E-state index in [-0.39, 0.29) is 0 Å². The van der Waals surface area contributed by atoms with Gasteiger partial charge in [0.2, 0.25) is 0 Å². The standard InChI is InChI=1S/CH2O3Se2/c2-1(3-5)4-6/h5-6H. The molecular formula is CH2O3Se2. The Bertz CT molecular complexity index is 46.8. The van der Waals surface area contributed by atoms with Crippen molar-refractivity contribution in [3.63, 3.8) is 0 Å². The zero-order chi connectivity index (χ0) is 4.99. The summed E-state index contributed by atoms with van der Waals surface area (Å²) >= 11 is 3.25. The van der Waals surface area contributed by atoms with Gasteiger partial charge in [-0.2, -0.15) is 0 Å². The molecule has 0 radical (unpaired) electrons. The van der Waals surface area contributed by atoms with Crippen molar-refractivity contribution in [3.8, 4) is 0 Å². The van der Waals surface area contributed by atoms with Crippen molar-refractivity contribution in [3.05, 3.63) is 0 Å². The molecule has 0 spiro atoms. The van der Waals surface area contributed by atoms with Gasteiger partial charge in [0.05, 0.1) is 0 Å². The predicted molar refractivity (Wildman–Crippen MR) is 21.9 cm³/mol. The summed E-state index contributed by atoms with van der Waals surface area (Å²) < 4.78 is 7.92. The fraction of sp³-hybridized carbons (Fsp3) is 0. The van der Waals surface area contributed by atoms with Gasteiger partial charge in [0.1, 0.15) is 0 Å². The SMILES string of the molecule is O=C(O[SeH])O[SeH]. The molecule has 36 valence electrons. The quantitative estimate of drug-likeness (QED) is 0.479. The summed E-state index contributed by atoms with van der Waals surface area (Å²) in [5.41, 5.74) is 0. The molecule has 0 saturated heterocycles. The van der Waals surface area contributed by atoms with Crippen molar-refractivity contribution in [2.45, 2.75) is 0 Å². The van der Waals surface area contributed by atoms with Gasteiger partial charge in [-0.25, -0.2) is 0 Å². The molecule has 0 atom stereocenters. The van der Waals surface area contributed by atoms with E-state index in [2.05, 4.69) is 7.64 Å². The van der Waals surface area contributed by atoms with Crippen LogP contribution in [-0.2, 0) is 7.64 Å². The van der Waals surface area contributed by atoms with Gasteiger partial charge in [-0.1, -0.05) is 0 Å². The summed E-state index contributed by atoms with van der Waals surface area (Å²) in [5.74, 6) is 0. The molecule has 0 saturated carbocycles. The van der Waals surface area contributed by atoms with Crippen molar-refractivity contribution < 1.29 is 12.4 Å². The van der Waals surface area contributed by atoms with Crippen LogP contribution < -0.4 is 0 Å². The zero-order valence-corrected chi connectivity index (χ0v) is 6.37. The molecule has 0 aliphatic carbocycles. The van der Waals surface area contributed by atoms with Gasteiger partial charge in [-0.15, -0.1) is 0 Å². The molecule has 0 N–H and O–H groups in total. The molecule has 0 bridgehead atoms. The zero-order valence-electron chi connectivity index (χ0n) is 2.62.